The normalized spacial score (nSPS) is 14.4. The molecule has 1 aromatic carbocycles. The Morgan fingerprint density at radius 1 is 1.24 bits per heavy atom. The van der Waals surface area contributed by atoms with Gasteiger partial charge < -0.3 is 5.32 Å². The van der Waals surface area contributed by atoms with E-state index in [4.69, 9.17) is 0 Å². The van der Waals surface area contributed by atoms with E-state index in [0.717, 1.165) is 18.5 Å². The SMILES string of the molecule is CC(C)(C)c1ccc(C(=O)NCCn2cnc(C3CC3)cc2=O)cc1. The minimum absolute atomic E-state index is 0.0549. The molecular formula is C20H25N3O2. The zero-order chi connectivity index (χ0) is 18.0. The highest BCUT2D eigenvalue weighted by Gasteiger charge is 2.25. The molecule has 0 atom stereocenters. The number of hydrogen-bond acceptors (Lipinski definition) is 3. The Bertz CT molecular complexity index is 812. The molecule has 1 fully saturated rings. The standard InChI is InChI=1S/C20H25N3O2/c1-20(2,3)16-8-6-15(7-9-16)19(25)21-10-11-23-13-22-17(12-18(23)24)14-4-5-14/h6-9,12-14H,4-5,10-11H2,1-3H3,(H,21,25). The van der Waals surface area contributed by atoms with Gasteiger partial charge in [-0.15, -0.1) is 0 Å². The molecule has 0 aliphatic heterocycles. The van der Waals surface area contributed by atoms with Crippen LogP contribution >= 0.6 is 0 Å². The molecule has 0 bridgehead atoms. The molecule has 5 heteroatoms. The second-order valence-corrected chi connectivity index (χ2v) is 7.70. The number of nitrogens with one attached hydrogen (secondary N) is 1. The maximum absolute atomic E-state index is 12.2. The van der Waals surface area contributed by atoms with Crippen molar-refractivity contribution in [2.24, 2.45) is 0 Å². The van der Waals surface area contributed by atoms with Gasteiger partial charge in [-0.05, 0) is 36.0 Å². The highest BCUT2D eigenvalue weighted by Crippen LogP contribution is 2.38. The fourth-order valence-electron chi connectivity index (χ4n) is 2.72. The summed E-state index contributed by atoms with van der Waals surface area (Å²) >= 11 is 0. The van der Waals surface area contributed by atoms with Crippen molar-refractivity contribution in [1.29, 1.82) is 0 Å². The van der Waals surface area contributed by atoms with Crippen LogP contribution in [-0.4, -0.2) is 22.0 Å². The number of aromatic nitrogens is 2. The second-order valence-electron chi connectivity index (χ2n) is 7.70. The fraction of sp³-hybridized carbons (Fsp3) is 0.450. The minimum Gasteiger partial charge on any atom is -0.350 e. The Morgan fingerprint density at radius 2 is 1.92 bits per heavy atom. The largest absolute Gasteiger partial charge is 0.350 e. The molecule has 5 nitrogen and oxygen atoms in total. The van der Waals surface area contributed by atoms with E-state index >= 15 is 0 Å². The predicted molar refractivity (Wildman–Crippen MR) is 97.9 cm³/mol. The number of hydrogen-bond donors (Lipinski definition) is 1. The first-order valence-corrected chi connectivity index (χ1v) is 8.80. The number of amides is 1. The Kier molecular flexibility index (Phi) is 4.75. The summed E-state index contributed by atoms with van der Waals surface area (Å²) in [5, 5.41) is 2.86. The summed E-state index contributed by atoms with van der Waals surface area (Å²) in [7, 11) is 0. The molecule has 0 saturated heterocycles. The third-order valence-electron chi connectivity index (χ3n) is 4.55. The second kappa shape index (κ2) is 6.82. The van der Waals surface area contributed by atoms with Gasteiger partial charge in [-0.1, -0.05) is 32.9 Å². The third-order valence-corrected chi connectivity index (χ3v) is 4.55. The van der Waals surface area contributed by atoms with Gasteiger partial charge in [0.25, 0.3) is 11.5 Å². The van der Waals surface area contributed by atoms with Crippen molar-refractivity contribution in [3.8, 4) is 0 Å². The number of rotatable bonds is 5. The number of carbonyl (C=O) groups is 1. The average Bonchev–Trinajstić information content (AvgIpc) is 3.40. The zero-order valence-electron chi connectivity index (χ0n) is 15.1. The van der Waals surface area contributed by atoms with Gasteiger partial charge in [0.15, 0.2) is 0 Å². The maximum Gasteiger partial charge on any atom is 0.253 e. The number of nitrogens with zero attached hydrogens (tertiary/aromatic N) is 2. The van der Waals surface area contributed by atoms with Gasteiger partial charge in [0, 0.05) is 30.6 Å². The van der Waals surface area contributed by atoms with E-state index < -0.39 is 0 Å². The lowest BCUT2D eigenvalue weighted by atomic mass is 9.87. The Labute approximate surface area is 148 Å². The highest BCUT2D eigenvalue weighted by atomic mass is 16.1. The minimum atomic E-state index is -0.129. The first-order valence-electron chi connectivity index (χ1n) is 8.80. The van der Waals surface area contributed by atoms with Crippen molar-refractivity contribution in [3.63, 3.8) is 0 Å². The fourth-order valence-corrected chi connectivity index (χ4v) is 2.72. The van der Waals surface area contributed by atoms with Crippen LogP contribution in [0.2, 0.25) is 0 Å². The van der Waals surface area contributed by atoms with E-state index in [2.05, 4.69) is 31.1 Å². The molecule has 25 heavy (non-hydrogen) atoms. The lowest BCUT2D eigenvalue weighted by Gasteiger charge is -2.19. The molecule has 1 aliphatic carbocycles. The smallest absolute Gasteiger partial charge is 0.253 e. The lowest BCUT2D eigenvalue weighted by Crippen LogP contribution is -2.31. The molecule has 1 saturated carbocycles. The van der Waals surface area contributed by atoms with Gasteiger partial charge >= 0.3 is 0 Å². The Balaban J connectivity index is 1.55. The molecule has 1 aromatic heterocycles. The first-order chi connectivity index (χ1) is 11.8. The van der Waals surface area contributed by atoms with Gasteiger partial charge in [-0.25, -0.2) is 4.98 Å². The van der Waals surface area contributed by atoms with Gasteiger partial charge in [-0.2, -0.15) is 0 Å². The molecular weight excluding hydrogens is 314 g/mol. The molecule has 0 radical (unpaired) electrons. The average molecular weight is 339 g/mol. The van der Waals surface area contributed by atoms with Crippen molar-refractivity contribution in [2.75, 3.05) is 6.54 Å². The van der Waals surface area contributed by atoms with E-state index in [0.29, 0.717) is 24.6 Å². The van der Waals surface area contributed by atoms with Crippen LogP contribution in [0.5, 0.6) is 0 Å². The Hall–Kier alpha value is -2.43. The summed E-state index contributed by atoms with van der Waals surface area (Å²) in [4.78, 5) is 28.6. The first kappa shape index (κ1) is 17.4. The van der Waals surface area contributed by atoms with Crippen LogP contribution in [0.1, 0.15) is 61.1 Å². The van der Waals surface area contributed by atoms with Gasteiger partial charge in [-0.3, -0.25) is 14.2 Å². The summed E-state index contributed by atoms with van der Waals surface area (Å²) in [6.45, 7) is 7.24. The van der Waals surface area contributed by atoms with Gasteiger partial charge in [0.2, 0.25) is 0 Å². The van der Waals surface area contributed by atoms with Crippen LogP contribution in [0.3, 0.4) is 0 Å². The molecule has 3 rings (SSSR count). The molecule has 0 spiro atoms. The highest BCUT2D eigenvalue weighted by molar-refractivity contribution is 5.94. The monoisotopic (exact) mass is 339 g/mol. The zero-order valence-corrected chi connectivity index (χ0v) is 15.1. The Morgan fingerprint density at radius 3 is 2.48 bits per heavy atom. The van der Waals surface area contributed by atoms with E-state index in [1.807, 2.05) is 24.3 Å². The van der Waals surface area contributed by atoms with E-state index in [1.165, 1.54) is 10.1 Å². The summed E-state index contributed by atoms with van der Waals surface area (Å²) in [5.74, 6) is 0.342. The van der Waals surface area contributed by atoms with Crippen LogP contribution in [0.4, 0.5) is 0 Å². The molecule has 0 unspecified atom stereocenters. The van der Waals surface area contributed by atoms with Crippen LogP contribution in [0.25, 0.3) is 0 Å². The van der Waals surface area contributed by atoms with Crippen molar-refractivity contribution >= 4 is 5.91 Å². The number of benzene rings is 1. The van der Waals surface area contributed by atoms with Crippen molar-refractivity contribution in [2.45, 2.75) is 51.5 Å². The summed E-state index contributed by atoms with van der Waals surface area (Å²) in [6, 6.07) is 9.27. The molecule has 132 valence electrons. The molecule has 1 N–H and O–H groups in total. The third kappa shape index (κ3) is 4.35. The lowest BCUT2D eigenvalue weighted by molar-refractivity contribution is 0.0952. The topological polar surface area (TPSA) is 64.0 Å². The quantitative estimate of drug-likeness (QED) is 0.911. The van der Waals surface area contributed by atoms with Crippen molar-refractivity contribution < 1.29 is 4.79 Å². The predicted octanol–water partition coefficient (Wildman–Crippen LogP) is 2.85. The molecule has 2 aromatic rings. The van der Waals surface area contributed by atoms with Crippen LogP contribution in [0, 0.1) is 0 Å². The molecule has 1 aliphatic rings. The maximum atomic E-state index is 12.2. The van der Waals surface area contributed by atoms with Crippen LogP contribution in [0.15, 0.2) is 41.5 Å². The van der Waals surface area contributed by atoms with E-state index in [-0.39, 0.29) is 16.9 Å². The van der Waals surface area contributed by atoms with Gasteiger partial charge in [0.05, 0.1) is 12.0 Å². The summed E-state index contributed by atoms with van der Waals surface area (Å²) in [6.07, 6.45) is 3.83. The number of carbonyl (C=O) groups excluding carboxylic acids is 1. The molecule has 1 heterocycles. The van der Waals surface area contributed by atoms with Crippen molar-refractivity contribution in [1.82, 2.24) is 14.9 Å². The van der Waals surface area contributed by atoms with Gasteiger partial charge in [0.1, 0.15) is 0 Å². The van der Waals surface area contributed by atoms with Crippen LogP contribution in [-0.2, 0) is 12.0 Å². The summed E-state index contributed by atoms with van der Waals surface area (Å²) in [5.41, 5.74) is 2.72. The molecule has 1 amide bonds. The van der Waals surface area contributed by atoms with Crippen LogP contribution < -0.4 is 10.9 Å². The van der Waals surface area contributed by atoms with Crippen molar-refractivity contribution in [3.05, 3.63) is 63.8 Å². The van der Waals surface area contributed by atoms with E-state index in [1.54, 1.807) is 12.4 Å². The van der Waals surface area contributed by atoms with E-state index in [9.17, 15) is 9.59 Å². The summed E-state index contributed by atoms with van der Waals surface area (Å²) < 4.78 is 1.54.